The van der Waals surface area contributed by atoms with Crippen LogP contribution in [0.25, 0.3) is 4.96 Å². The lowest BCUT2D eigenvalue weighted by atomic mass is 10.3. The quantitative estimate of drug-likeness (QED) is 0.893. The van der Waals surface area contributed by atoms with Crippen LogP contribution in [-0.2, 0) is 0 Å². The molecule has 0 aromatic carbocycles. The van der Waals surface area contributed by atoms with Gasteiger partial charge in [0, 0.05) is 50.0 Å². The highest BCUT2D eigenvalue weighted by Crippen LogP contribution is 2.18. The third kappa shape index (κ3) is 2.56. The van der Waals surface area contributed by atoms with Gasteiger partial charge in [-0.2, -0.15) is 0 Å². The van der Waals surface area contributed by atoms with Gasteiger partial charge in [-0.15, -0.1) is 11.3 Å². The molecule has 20 heavy (non-hydrogen) atoms. The summed E-state index contributed by atoms with van der Waals surface area (Å²) in [5.41, 5.74) is 0.520. The summed E-state index contributed by atoms with van der Waals surface area (Å²) in [6, 6.07) is 0. The van der Waals surface area contributed by atoms with Gasteiger partial charge >= 0.3 is 0 Å². The van der Waals surface area contributed by atoms with E-state index in [0.29, 0.717) is 25.3 Å². The fourth-order valence-electron chi connectivity index (χ4n) is 2.49. The van der Waals surface area contributed by atoms with Crippen LogP contribution >= 0.6 is 11.3 Å². The molecule has 0 saturated carbocycles. The Morgan fingerprint density at radius 1 is 1.35 bits per heavy atom. The maximum absolute atomic E-state index is 12.4. The molecule has 7 heteroatoms. The Hall–Kier alpha value is -1.44. The normalized spacial score (nSPS) is 17.0. The summed E-state index contributed by atoms with van der Waals surface area (Å²) in [4.78, 5) is 22.9. The van der Waals surface area contributed by atoms with Crippen LogP contribution in [0.4, 0.5) is 0 Å². The number of rotatable bonds is 3. The van der Waals surface area contributed by atoms with Crippen molar-refractivity contribution >= 4 is 22.2 Å². The molecule has 0 spiro atoms. The number of imidazole rings is 1. The lowest BCUT2D eigenvalue weighted by molar-refractivity contribution is 0.0610. The number of piperazine rings is 1. The van der Waals surface area contributed by atoms with Crippen molar-refractivity contribution in [3.8, 4) is 0 Å². The third-order valence-electron chi connectivity index (χ3n) is 3.57. The van der Waals surface area contributed by atoms with Gasteiger partial charge in [0.25, 0.3) is 5.91 Å². The van der Waals surface area contributed by atoms with Gasteiger partial charge in [0.05, 0.1) is 6.61 Å². The first-order valence-corrected chi connectivity index (χ1v) is 7.56. The van der Waals surface area contributed by atoms with Crippen molar-refractivity contribution in [3.05, 3.63) is 23.0 Å². The Balaban J connectivity index is 1.68. The largest absolute Gasteiger partial charge is 0.395 e. The molecule has 0 radical (unpaired) electrons. The van der Waals surface area contributed by atoms with Crippen LogP contribution in [0.5, 0.6) is 0 Å². The van der Waals surface area contributed by atoms with Gasteiger partial charge in [-0.25, -0.2) is 4.98 Å². The number of carbonyl (C=O) groups excluding carboxylic acids is 1. The van der Waals surface area contributed by atoms with Crippen LogP contribution in [0, 0.1) is 6.92 Å². The number of aromatic nitrogens is 2. The average molecular weight is 294 g/mol. The van der Waals surface area contributed by atoms with Crippen molar-refractivity contribution in [1.29, 1.82) is 0 Å². The molecule has 6 nitrogen and oxygen atoms in total. The molecule has 3 rings (SSSR count). The number of fused-ring (bicyclic) bond motifs is 1. The minimum atomic E-state index is 0.00204. The Kier molecular flexibility index (Phi) is 3.73. The highest BCUT2D eigenvalue weighted by Gasteiger charge is 2.23. The molecule has 3 heterocycles. The van der Waals surface area contributed by atoms with Gasteiger partial charge in [0.1, 0.15) is 5.69 Å². The van der Waals surface area contributed by atoms with Crippen molar-refractivity contribution in [2.45, 2.75) is 6.92 Å². The molecule has 1 amide bonds. The highest BCUT2D eigenvalue weighted by molar-refractivity contribution is 7.17. The van der Waals surface area contributed by atoms with E-state index < -0.39 is 0 Å². The zero-order valence-corrected chi connectivity index (χ0v) is 12.3. The standard InChI is InChI=1S/C13H18N4O2S/c1-10-8-17-9-11(14-13(17)20-10)12(19)16-4-2-15(3-5-16)6-7-18/h8-9,18H,2-7H2,1H3. The van der Waals surface area contributed by atoms with Crippen LogP contribution in [0.1, 0.15) is 15.4 Å². The molecule has 0 atom stereocenters. The SMILES string of the molecule is Cc1cn2cc(C(=O)N3CCN(CCO)CC3)nc2s1. The monoisotopic (exact) mass is 294 g/mol. The van der Waals surface area contributed by atoms with E-state index >= 15 is 0 Å². The molecular formula is C13H18N4O2S. The second-order valence-electron chi connectivity index (χ2n) is 5.02. The highest BCUT2D eigenvalue weighted by atomic mass is 32.1. The predicted octanol–water partition coefficient (Wildman–Crippen LogP) is 0.454. The Morgan fingerprint density at radius 3 is 2.75 bits per heavy atom. The number of hydrogen-bond acceptors (Lipinski definition) is 5. The van der Waals surface area contributed by atoms with Crippen LogP contribution in [0.2, 0.25) is 0 Å². The molecule has 1 aliphatic heterocycles. The van der Waals surface area contributed by atoms with Crippen LogP contribution in [0.3, 0.4) is 0 Å². The molecule has 108 valence electrons. The minimum absolute atomic E-state index is 0.00204. The van der Waals surface area contributed by atoms with Crippen molar-refractivity contribution < 1.29 is 9.90 Å². The fraction of sp³-hybridized carbons (Fsp3) is 0.538. The zero-order valence-electron chi connectivity index (χ0n) is 11.4. The maximum atomic E-state index is 12.4. The Labute approximate surface area is 121 Å². The summed E-state index contributed by atoms with van der Waals surface area (Å²) in [7, 11) is 0. The first-order chi connectivity index (χ1) is 9.67. The molecule has 1 fully saturated rings. The van der Waals surface area contributed by atoms with Gasteiger partial charge < -0.3 is 10.0 Å². The number of aryl methyl sites for hydroxylation is 1. The smallest absolute Gasteiger partial charge is 0.274 e. The molecular weight excluding hydrogens is 276 g/mol. The second kappa shape index (κ2) is 5.51. The van der Waals surface area contributed by atoms with E-state index in [4.69, 9.17) is 5.11 Å². The third-order valence-corrected chi connectivity index (χ3v) is 4.48. The molecule has 1 N–H and O–H groups in total. The van der Waals surface area contributed by atoms with E-state index in [1.807, 2.05) is 22.4 Å². The van der Waals surface area contributed by atoms with Crippen LogP contribution in [0.15, 0.2) is 12.4 Å². The zero-order chi connectivity index (χ0) is 14.1. The van der Waals surface area contributed by atoms with Crippen molar-refractivity contribution in [2.24, 2.45) is 0 Å². The number of thiazole rings is 1. The molecule has 2 aromatic rings. The molecule has 0 bridgehead atoms. The molecule has 2 aromatic heterocycles. The number of nitrogens with zero attached hydrogens (tertiary/aromatic N) is 4. The van der Waals surface area contributed by atoms with E-state index in [1.54, 1.807) is 17.5 Å². The lowest BCUT2D eigenvalue weighted by Crippen LogP contribution is -2.49. The topological polar surface area (TPSA) is 61.1 Å². The van der Waals surface area contributed by atoms with E-state index in [0.717, 1.165) is 18.1 Å². The number of aliphatic hydroxyl groups excluding tert-OH is 1. The number of amides is 1. The second-order valence-corrected chi connectivity index (χ2v) is 6.23. The minimum Gasteiger partial charge on any atom is -0.395 e. The summed E-state index contributed by atoms with van der Waals surface area (Å²) in [6.45, 7) is 5.90. The number of aliphatic hydroxyl groups is 1. The van der Waals surface area contributed by atoms with E-state index in [2.05, 4.69) is 9.88 Å². The first-order valence-electron chi connectivity index (χ1n) is 6.75. The van der Waals surface area contributed by atoms with Gasteiger partial charge in [-0.05, 0) is 6.92 Å². The van der Waals surface area contributed by atoms with E-state index in [1.165, 1.54) is 4.88 Å². The van der Waals surface area contributed by atoms with E-state index in [9.17, 15) is 4.79 Å². The van der Waals surface area contributed by atoms with Crippen LogP contribution in [-0.4, -0.2) is 69.5 Å². The van der Waals surface area contributed by atoms with Gasteiger partial charge in [-0.3, -0.25) is 14.1 Å². The van der Waals surface area contributed by atoms with Crippen LogP contribution < -0.4 is 0 Å². The summed E-state index contributed by atoms with van der Waals surface area (Å²) < 4.78 is 1.91. The maximum Gasteiger partial charge on any atom is 0.274 e. The number of carbonyl (C=O) groups is 1. The van der Waals surface area contributed by atoms with Gasteiger partial charge in [0.15, 0.2) is 4.96 Å². The Morgan fingerprint density at radius 2 is 2.10 bits per heavy atom. The van der Waals surface area contributed by atoms with E-state index in [-0.39, 0.29) is 12.5 Å². The number of hydrogen-bond donors (Lipinski definition) is 1. The lowest BCUT2D eigenvalue weighted by Gasteiger charge is -2.33. The average Bonchev–Trinajstić information content (AvgIpc) is 2.96. The van der Waals surface area contributed by atoms with Crippen molar-refractivity contribution in [2.75, 3.05) is 39.3 Å². The first kappa shape index (κ1) is 13.5. The van der Waals surface area contributed by atoms with Gasteiger partial charge in [0.2, 0.25) is 0 Å². The fourth-order valence-corrected chi connectivity index (χ4v) is 3.30. The predicted molar refractivity (Wildman–Crippen MR) is 77.2 cm³/mol. The van der Waals surface area contributed by atoms with Crippen molar-refractivity contribution in [3.63, 3.8) is 0 Å². The molecule has 0 aliphatic carbocycles. The summed E-state index contributed by atoms with van der Waals surface area (Å²) in [5, 5.41) is 8.92. The summed E-state index contributed by atoms with van der Waals surface area (Å²) in [5.74, 6) is 0.00204. The van der Waals surface area contributed by atoms with Gasteiger partial charge in [-0.1, -0.05) is 0 Å². The summed E-state index contributed by atoms with van der Waals surface area (Å²) in [6.07, 6.45) is 3.80. The molecule has 1 saturated heterocycles. The summed E-state index contributed by atoms with van der Waals surface area (Å²) >= 11 is 1.59. The molecule has 0 unspecified atom stereocenters. The Bertz CT molecular complexity index is 581. The number of β-amino-alcohol motifs (C(OH)–C–C–N with tert-alkyl or cyclic N) is 1. The molecule has 1 aliphatic rings. The van der Waals surface area contributed by atoms with Crippen molar-refractivity contribution in [1.82, 2.24) is 19.2 Å².